The summed E-state index contributed by atoms with van der Waals surface area (Å²) in [5, 5.41) is 0. The lowest BCUT2D eigenvalue weighted by Gasteiger charge is -2.36. The average Bonchev–Trinajstić information content (AvgIpc) is 2.79. The molecule has 0 aliphatic carbocycles. The molecule has 0 spiro atoms. The zero-order valence-electron chi connectivity index (χ0n) is 17.2. The molecule has 3 heterocycles. The van der Waals surface area contributed by atoms with Crippen LogP contribution < -0.4 is 9.80 Å². The van der Waals surface area contributed by atoms with E-state index < -0.39 is 0 Å². The van der Waals surface area contributed by atoms with Gasteiger partial charge in [0.25, 0.3) is 0 Å². The van der Waals surface area contributed by atoms with E-state index >= 15 is 0 Å². The van der Waals surface area contributed by atoms with E-state index in [1.165, 1.54) is 0 Å². The second-order valence-electron chi connectivity index (χ2n) is 7.62. The van der Waals surface area contributed by atoms with Crippen molar-refractivity contribution in [2.45, 2.75) is 13.8 Å². The van der Waals surface area contributed by atoms with Crippen LogP contribution in [0.5, 0.6) is 0 Å². The lowest BCUT2D eigenvalue weighted by Crippen LogP contribution is -2.48. The Morgan fingerprint density at radius 2 is 1.29 bits per heavy atom. The Bertz CT molecular complexity index is 707. The minimum absolute atomic E-state index is 0.880. The second-order valence-corrected chi connectivity index (χ2v) is 7.62. The van der Waals surface area contributed by atoms with Gasteiger partial charge < -0.3 is 19.6 Å². The molecule has 0 N–H and O–H groups in total. The highest BCUT2D eigenvalue weighted by Gasteiger charge is 2.22. The fourth-order valence-electron chi connectivity index (χ4n) is 4.04. The van der Waals surface area contributed by atoms with Crippen LogP contribution in [0.3, 0.4) is 0 Å². The van der Waals surface area contributed by atoms with Crippen LogP contribution in [0, 0.1) is 0 Å². The Balaban J connectivity index is 1.62. The molecular weight excluding hydrogens is 348 g/mol. The summed E-state index contributed by atoms with van der Waals surface area (Å²) in [6.07, 6.45) is 0. The van der Waals surface area contributed by atoms with Crippen LogP contribution in [-0.2, 0) is 0 Å². The van der Waals surface area contributed by atoms with Crippen LogP contribution in [0.25, 0.3) is 11.3 Å². The third kappa shape index (κ3) is 4.28. The Morgan fingerprint density at radius 3 is 1.86 bits per heavy atom. The maximum atomic E-state index is 5.01. The van der Waals surface area contributed by atoms with Gasteiger partial charge in [0.15, 0.2) is 0 Å². The molecule has 150 valence electrons. The van der Waals surface area contributed by atoms with Gasteiger partial charge >= 0.3 is 0 Å². The van der Waals surface area contributed by atoms with Crippen molar-refractivity contribution >= 4 is 11.8 Å². The predicted octanol–water partition coefficient (Wildman–Crippen LogP) is 2.43. The van der Waals surface area contributed by atoms with Gasteiger partial charge in [0.2, 0.25) is 5.95 Å². The molecule has 0 radical (unpaired) electrons. The van der Waals surface area contributed by atoms with Crippen molar-refractivity contribution in [3.05, 3.63) is 36.4 Å². The van der Waals surface area contributed by atoms with E-state index in [2.05, 4.69) is 69.8 Å². The van der Waals surface area contributed by atoms with Gasteiger partial charge in [0, 0.05) is 64.0 Å². The van der Waals surface area contributed by atoms with E-state index in [1.54, 1.807) is 0 Å². The molecule has 0 atom stereocenters. The Hall–Kier alpha value is -2.18. The van der Waals surface area contributed by atoms with Crippen molar-refractivity contribution in [1.29, 1.82) is 0 Å². The van der Waals surface area contributed by atoms with E-state index in [-0.39, 0.29) is 0 Å². The molecule has 2 saturated heterocycles. The zero-order chi connectivity index (χ0) is 19.3. The summed E-state index contributed by atoms with van der Waals surface area (Å²) in [5.41, 5.74) is 2.18. The van der Waals surface area contributed by atoms with Gasteiger partial charge in [-0.2, -0.15) is 4.98 Å². The maximum absolute atomic E-state index is 5.01. The number of hydrogen-bond acceptors (Lipinski definition) is 6. The number of nitrogens with zero attached hydrogens (tertiary/aromatic N) is 6. The van der Waals surface area contributed by atoms with Gasteiger partial charge in [-0.05, 0) is 13.1 Å². The Morgan fingerprint density at radius 1 is 0.714 bits per heavy atom. The first-order chi connectivity index (χ1) is 13.8. The number of rotatable bonds is 5. The highest BCUT2D eigenvalue weighted by Crippen LogP contribution is 2.26. The number of benzene rings is 1. The number of hydrogen-bond donors (Lipinski definition) is 0. The van der Waals surface area contributed by atoms with Gasteiger partial charge in [-0.3, -0.25) is 0 Å². The summed E-state index contributed by atoms with van der Waals surface area (Å²) in [6, 6.07) is 12.7. The Kier molecular flexibility index (Phi) is 6.07. The Labute approximate surface area is 168 Å². The van der Waals surface area contributed by atoms with E-state index in [1.807, 2.05) is 0 Å². The van der Waals surface area contributed by atoms with Gasteiger partial charge in [-0.1, -0.05) is 44.2 Å². The molecule has 28 heavy (non-hydrogen) atoms. The quantitative estimate of drug-likeness (QED) is 0.793. The van der Waals surface area contributed by atoms with E-state index in [4.69, 9.17) is 9.97 Å². The molecule has 2 aliphatic rings. The van der Waals surface area contributed by atoms with Crippen molar-refractivity contribution in [3.63, 3.8) is 0 Å². The van der Waals surface area contributed by atoms with Crippen molar-refractivity contribution in [2.24, 2.45) is 0 Å². The monoisotopic (exact) mass is 380 g/mol. The number of likely N-dealkylation sites (N-methyl/N-ethyl adjacent to an activating group) is 2. The molecule has 2 fully saturated rings. The molecule has 0 unspecified atom stereocenters. The molecule has 0 amide bonds. The topological polar surface area (TPSA) is 38.7 Å². The fraction of sp³-hybridized carbons (Fsp3) is 0.545. The molecule has 1 aromatic heterocycles. The summed E-state index contributed by atoms with van der Waals surface area (Å²) >= 11 is 0. The van der Waals surface area contributed by atoms with Crippen LogP contribution in [0.2, 0.25) is 0 Å². The van der Waals surface area contributed by atoms with Gasteiger partial charge in [-0.25, -0.2) is 4.98 Å². The van der Waals surface area contributed by atoms with E-state index in [9.17, 15) is 0 Å². The van der Waals surface area contributed by atoms with Crippen LogP contribution in [0.4, 0.5) is 11.8 Å². The lowest BCUT2D eigenvalue weighted by atomic mass is 10.1. The zero-order valence-corrected chi connectivity index (χ0v) is 17.2. The van der Waals surface area contributed by atoms with Crippen LogP contribution >= 0.6 is 0 Å². The summed E-state index contributed by atoms with van der Waals surface area (Å²) in [5.74, 6) is 1.95. The van der Waals surface area contributed by atoms with Crippen molar-refractivity contribution < 1.29 is 0 Å². The minimum Gasteiger partial charge on any atom is -0.354 e. The third-order valence-corrected chi connectivity index (χ3v) is 6.02. The first-order valence-electron chi connectivity index (χ1n) is 10.7. The average molecular weight is 381 g/mol. The molecule has 6 heteroatoms. The van der Waals surface area contributed by atoms with Crippen molar-refractivity contribution in [3.8, 4) is 11.3 Å². The minimum atomic E-state index is 0.880. The summed E-state index contributed by atoms with van der Waals surface area (Å²) < 4.78 is 0. The normalized spacial score (nSPS) is 19.2. The smallest absolute Gasteiger partial charge is 0.227 e. The third-order valence-electron chi connectivity index (χ3n) is 6.02. The number of aromatic nitrogens is 2. The summed E-state index contributed by atoms with van der Waals surface area (Å²) in [7, 11) is 0. The van der Waals surface area contributed by atoms with Gasteiger partial charge in [0.05, 0.1) is 5.69 Å². The van der Waals surface area contributed by atoms with Gasteiger partial charge in [-0.15, -0.1) is 0 Å². The standard InChI is InChI=1S/C22H32N6/c1-3-25-10-14-27(15-11-25)21-18-20(19-8-6-5-7-9-19)23-22(24-21)28-16-12-26(4-2)13-17-28/h5-9,18H,3-4,10-17H2,1-2H3. The van der Waals surface area contributed by atoms with Crippen molar-refractivity contribution in [2.75, 3.05) is 75.2 Å². The predicted molar refractivity (Wildman–Crippen MR) is 116 cm³/mol. The summed E-state index contributed by atoms with van der Waals surface area (Å²) in [4.78, 5) is 19.7. The van der Waals surface area contributed by atoms with E-state index in [0.717, 1.165) is 88.5 Å². The van der Waals surface area contributed by atoms with Crippen LogP contribution in [-0.4, -0.2) is 85.2 Å². The summed E-state index contributed by atoms with van der Waals surface area (Å²) in [6.45, 7) is 15.1. The molecule has 4 rings (SSSR count). The number of piperazine rings is 2. The van der Waals surface area contributed by atoms with Gasteiger partial charge in [0.1, 0.15) is 5.82 Å². The molecular formula is C22H32N6. The highest BCUT2D eigenvalue weighted by atomic mass is 15.3. The highest BCUT2D eigenvalue weighted by molar-refractivity contribution is 5.65. The van der Waals surface area contributed by atoms with E-state index in [0.29, 0.717) is 0 Å². The SMILES string of the molecule is CCN1CCN(c2cc(-c3ccccc3)nc(N3CCN(CC)CC3)n2)CC1. The molecule has 2 aromatic rings. The first kappa shape index (κ1) is 19.2. The van der Waals surface area contributed by atoms with Crippen LogP contribution in [0.15, 0.2) is 36.4 Å². The molecule has 6 nitrogen and oxygen atoms in total. The van der Waals surface area contributed by atoms with Crippen molar-refractivity contribution in [1.82, 2.24) is 19.8 Å². The maximum Gasteiger partial charge on any atom is 0.227 e. The molecule has 0 saturated carbocycles. The largest absolute Gasteiger partial charge is 0.354 e. The molecule has 0 bridgehead atoms. The fourth-order valence-corrected chi connectivity index (χ4v) is 4.04. The second kappa shape index (κ2) is 8.88. The number of anilines is 2. The lowest BCUT2D eigenvalue weighted by molar-refractivity contribution is 0.268. The molecule has 2 aliphatic heterocycles. The van der Waals surface area contributed by atoms with Crippen LogP contribution in [0.1, 0.15) is 13.8 Å². The first-order valence-corrected chi connectivity index (χ1v) is 10.7. The molecule has 1 aromatic carbocycles.